The molecule has 2 aromatic rings. The Hall–Kier alpha value is -1.17. The van der Waals surface area contributed by atoms with Gasteiger partial charge in [-0.2, -0.15) is 5.10 Å². The molecule has 0 aliphatic carbocycles. The molecule has 1 aliphatic heterocycles. The summed E-state index contributed by atoms with van der Waals surface area (Å²) in [5.74, 6) is 0.530. The standard InChI is InChI=1S/C17H25N3OS/c1-11-5-6-15(22-11)10-18-9-14-7-8-21-17(14)16-12(2)19-20(4)13(16)3/h5-6,14,17-18H,7-10H2,1-4H3/t14-,17+/m1/s1. The number of aryl methyl sites for hydroxylation is 3. The topological polar surface area (TPSA) is 39.1 Å². The summed E-state index contributed by atoms with van der Waals surface area (Å²) in [5, 5.41) is 8.14. The maximum Gasteiger partial charge on any atom is 0.0901 e. The van der Waals surface area contributed by atoms with Crippen molar-refractivity contribution < 1.29 is 4.74 Å². The van der Waals surface area contributed by atoms with Crippen molar-refractivity contribution in [2.24, 2.45) is 13.0 Å². The van der Waals surface area contributed by atoms with Gasteiger partial charge in [-0.25, -0.2) is 0 Å². The van der Waals surface area contributed by atoms with Crippen LogP contribution in [0.15, 0.2) is 12.1 Å². The van der Waals surface area contributed by atoms with E-state index in [9.17, 15) is 0 Å². The third-order valence-electron chi connectivity index (χ3n) is 4.57. The fourth-order valence-electron chi connectivity index (χ4n) is 3.32. The van der Waals surface area contributed by atoms with Crippen molar-refractivity contribution in [1.29, 1.82) is 0 Å². The lowest BCUT2D eigenvalue weighted by molar-refractivity contribution is 0.0894. The minimum absolute atomic E-state index is 0.186. The molecule has 22 heavy (non-hydrogen) atoms. The molecule has 0 saturated carbocycles. The molecule has 120 valence electrons. The first-order valence-electron chi connectivity index (χ1n) is 7.94. The second-order valence-corrected chi connectivity index (χ2v) is 7.56. The van der Waals surface area contributed by atoms with E-state index >= 15 is 0 Å². The van der Waals surface area contributed by atoms with E-state index in [0.717, 1.165) is 31.8 Å². The predicted molar refractivity (Wildman–Crippen MR) is 90.2 cm³/mol. The maximum atomic E-state index is 6.04. The van der Waals surface area contributed by atoms with Gasteiger partial charge in [-0.3, -0.25) is 4.68 Å². The van der Waals surface area contributed by atoms with Crippen molar-refractivity contribution in [2.45, 2.75) is 39.8 Å². The van der Waals surface area contributed by atoms with Gasteiger partial charge in [0.25, 0.3) is 0 Å². The monoisotopic (exact) mass is 319 g/mol. The molecule has 0 aromatic carbocycles. The Bertz CT molecular complexity index is 646. The molecule has 1 saturated heterocycles. The van der Waals surface area contributed by atoms with Crippen LogP contribution in [0.3, 0.4) is 0 Å². The molecular formula is C17H25N3OS. The minimum Gasteiger partial charge on any atom is -0.373 e. The van der Waals surface area contributed by atoms with E-state index in [0.29, 0.717) is 5.92 Å². The SMILES string of the molecule is Cc1ccc(CNC[C@H]2CCO[C@@H]2c2c(C)nn(C)c2C)s1. The summed E-state index contributed by atoms with van der Waals surface area (Å²) in [6.07, 6.45) is 1.31. The van der Waals surface area contributed by atoms with Crippen LogP contribution in [-0.4, -0.2) is 22.9 Å². The Kier molecular flexibility index (Phi) is 4.66. The average Bonchev–Trinajstić information content (AvgIpc) is 3.14. The normalized spacial score (nSPS) is 21.6. The first-order valence-corrected chi connectivity index (χ1v) is 8.75. The van der Waals surface area contributed by atoms with E-state index in [1.165, 1.54) is 21.0 Å². The number of thiophene rings is 1. The minimum atomic E-state index is 0.186. The van der Waals surface area contributed by atoms with Crippen molar-refractivity contribution in [1.82, 2.24) is 15.1 Å². The van der Waals surface area contributed by atoms with Gasteiger partial charge in [0.05, 0.1) is 11.8 Å². The zero-order valence-electron chi connectivity index (χ0n) is 13.8. The molecule has 3 rings (SSSR count). The molecule has 2 aromatic heterocycles. The Morgan fingerprint density at radius 2 is 2.18 bits per heavy atom. The van der Waals surface area contributed by atoms with Gasteiger partial charge in [0, 0.05) is 53.7 Å². The Labute approximate surface area is 136 Å². The van der Waals surface area contributed by atoms with Gasteiger partial charge >= 0.3 is 0 Å². The highest BCUT2D eigenvalue weighted by molar-refractivity contribution is 7.11. The van der Waals surface area contributed by atoms with Crippen molar-refractivity contribution >= 4 is 11.3 Å². The largest absolute Gasteiger partial charge is 0.373 e. The van der Waals surface area contributed by atoms with Crippen LogP contribution in [0.4, 0.5) is 0 Å². The molecular weight excluding hydrogens is 294 g/mol. The molecule has 3 heterocycles. The summed E-state index contributed by atoms with van der Waals surface area (Å²) in [7, 11) is 2.01. The zero-order valence-corrected chi connectivity index (χ0v) is 14.7. The zero-order chi connectivity index (χ0) is 15.7. The summed E-state index contributed by atoms with van der Waals surface area (Å²) < 4.78 is 8.01. The fourth-order valence-corrected chi connectivity index (χ4v) is 4.18. The third kappa shape index (κ3) is 3.12. The Morgan fingerprint density at radius 1 is 1.36 bits per heavy atom. The third-order valence-corrected chi connectivity index (χ3v) is 5.57. The van der Waals surface area contributed by atoms with Gasteiger partial charge in [0.15, 0.2) is 0 Å². The molecule has 0 bridgehead atoms. The molecule has 1 N–H and O–H groups in total. The lowest BCUT2D eigenvalue weighted by Crippen LogP contribution is -2.24. The first-order chi connectivity index (χ1) is 10.6. The lowest BCUT2D eigenvalue weighted by Gasteiger charge is -2.19. The first kappa shape index (κ1) is 15.7. The summed E-state index contributed by atoms with van der Waals surface area (Å²) in [6, 6.07) is 4.40. The van der Waals surface area contributed by atoms with Gasteiger partial charge in [-0.1, -0.05) is 0 Å². The second kappa shape index (κ2) is 6.52. The molecule has 0 unspecified atom stereocenters. The highest BCUT2D eigenvalue weighted by atomic mass is 32.1. The van der Waals surface area contributed by atoms with Crippen molar-refractivity contribution in [3.05, 3.63) is 38.8 Å². The van der Waals surface area contributed by atoms with Crippen LogP contribution in [0.2, 0.25) is 0 Å². The van der Waals surface area contributed by atoms with E-state index in [4.69, 9.17) is 4.74 Å². The second-order valence-electron chi connectivity index (χ2n) is 6.19. The molecule has 0 radical (unpaired) electrons. The van der Waals surface area contributed by atoms with E-state index < -0.39 is 0 Å². The van der Waals surface area contributed by atoms with Crippen molar-refractivity contribution in [3.8, 4) is 0 Å². The van der Waals surface area contributed by atoms with Crippen LogP contribution >= 0.6 is 11.3 Å². The number of rotatable bonds is 5. The molecule has 1 aliphatic rings. The molecule has 2 atom stereocenters. The number of nitrogens with zero attached hydrogens (tertiary/aromatic N) is 2. The van der Waals surface area contributed by atoms with Crippen LogP contribution in [0.1, 0.15) is 39.2 Å². The van der Waals surface area contributed by atoms with Crippen LogP contribution < -0.4 is 5.32 Å². The molecule has 4 nitrogen and oxygen atoms in total. The fraction of sp³-hybridized carbons (Fsp3) is 0.588. The molecule has 0 amide bonds. The summed E-state index contributed by atoms with van der Waals surface area (Å²) in [4.78, 5) is 2.78. The maximum absolute atomic E-state index is 6.04. The lowest BCUT2D eigenvalue weighted by atomic mass is 9.94. The van der Waals surface area contributed by atoms with Crippen LogP contribution in [0.5, 0.6) is 0 Å². The Morgan fingerprint density at radius 3 is 2.82 bits per heavy atom. The summed E-state index contributed by atoms with van der Waals surface area (Å²) in [6.45, 7) is 9.17. The van der Waals surface area contributed by atoms with Crippen LogP contribution in [-0.2, 0) is 18.3 Å². The van der Waals surface area contributed by atoms with E-state index in [-0.39, 0.29) is 6.10 Å². The number of nitrogens with one attached hydrogen (secondary N) is 1. The molecule has 5 heteroatoms. The van der Waals surface area contributed by atoms with E-state index in [2.05, 4.69) is 43.3 Å². The van der Waals surface area contributed by atoms with Crippen molar-refractivity contribution in [3.63, 3.8) is 0 Å². The molecule has 1 fully saturated rings. The van der Waals surface area contributed by atoms with Gasteiger partial charge in [0.2, 0.25) is 0 Å². The quantitative estimate of drug-likeness (QED) is 0.919. The van der Waals surface area contributed by atoms with Gasteiger partial charge < -0.3 is 10.1 Å². The van der Waals surface area contributed by atoms with Gasteiger partial charge in [-0.15, -0.1) is 11.3 Å². The molecule has 0 spiro atoms. The number of aromatic nitrogens is 2. The average molecular weight is 319 g/mol. The van der Waals surface area contributed by atoms with Gasteiger partial charge in [-0.05, 0) is 39.3 Å². The van der Waals surface area contributed by atoms with Gasteiger partial charge in [0.1, 0.15) is 0 Å². The van der Waals surface area contributed by atoms with Crippen LogP contribution in [0, 0.1) is 26.7 Å². The highest BCUT2D eigenvalue weighted by Crippen LogP contribution is 2.37. The Balaban J connectivity index is 1.63. The smallest absolute Gasteiger partial charge is 0.0901 e. The van der Waals surface area contributed by atoms with E-state index in [1.807, 2.05) is 23.1 Å². The summed E-state index contributed by atoms with van der Waals surface area (Å²) in [5.41, 5.74) is 3.62. The summed E-state index contributed by atoms with van der Waals surface area (Å²) >= 11 is 1.87. The van der Waals surface area contributed by atoms with Crippen LogP contribution in [0.25, 0.3) is 0 Å². The van der Waals surface area contributed by atoms with E-state index in [1.54, 1.807) is 0 Å². The number of ether oxygens (including phenoxy) is 1. The number of hydrogen-bond donors (Lipinski definition) is 1. The van der Waals surface area contributed by atoms with Crippen molar-refractivity contribution in [2.75, 3.05) is 13.2 Å². The highest BCUT2D eigenvalue weighted by Gasteiger charge is 2.33. The number of hydrogen-bond acceptors (Lipinski definition) is 4. The predicted octanol–water partition coefficient (Wildman–Crippen LogP) is 3.27.